The van der Waals surface area contributed by atoms with Gasteiger partial charge in [0, 0.05) is 12.2 Å². The van der Waals surface area contributed by atoms with Crippen LogP contribution in [0.5, 0.6) is 0 Å². The highest BCUT2D eigenvalue weighted by molar-refractivity contribution is 5.92. The molecule has 1 amide bonds. The molecule has 1 saturated heterocycles. The first kappa shape index (κ1) is 17.0. The van der Waals surface area contributed by atoms with Crippen LogP contribution in [0.25, 0.3) is 0 Å². The molecule has 0 aromatic heterocycles. The van der Waals surface area contributed by atoms with Crippen LogP contribution < -0.4 is 10.6 Å². The molecule has 1 atom stereocenters. The molecule has 1 heterocycles. The van der Waals surface area contributed by atoms with Gasteiger partial charge in [0.05, 0.1) is 6.54 Å². The molecule has 1 unspecified atom stereocenters. The van der Waals surface area contributed by atoms with Crippen LogP contribution in [0.15, 0.2) is 24.3 Å². The highest BCUT2D eigenvalue weighted by Crippen LogP contribution is 2.18. The molecule has 0 aliphatic carbocycles. The standard InChI is InChI=1S/C18H29N3O/c1-14(2)16-6-8-17(9-7-16)20-18(22)13-21-10-4-5-15(12-21)11-19-3/h6-9,14-15,19H,4-5,10-13H2,1-3H3,(H,20,22). The Morgan fingerprint density at radius 2 is 2.05 bits per heavy atom. The van der Waals surface area contributed by atoms with Crippen molar-refractivity contribution in [1.82, 2.24) is 10.2 Å². The Balaban J connectivity index is 1.82. The largest absolute Gasteiger partial charge is 0.325 e. The van der Waals surface area contributed by atoms with E-state index in [9.17, 15) is 4.79 Å². The summed E-state index contributed by atoms with van der Waals surface area (Å²) in [5.41, 5.74) is 2.18. The first-order valence-corrected chi connectivity index (χ1v) is 8.35. The second-order valence-electron chi connectivity index (χ2n) is 6.63. The number of hydrogen-bond acceptors (Lipinski definition) is 3. The molecule has 1 aliphatic rings. The van der Waals surface area contributed by atoms with Crippen molar-refractivity contribution in [2.24, 2.45) is 5.92 Å². The number of likely N-dealkylation sites (tertiary alicyclic amines) is 1. The lowest BCUT2D eigenvalue weighted by Crippen LogP contribution is -2.42. The van der Waals surface area contributed by atoms with Crippen LogP contribution in [0.4, 0.5) is 5.69 Å². The summed E-state index contributed by atoms with van der Waals surface area (Å²) in [6.45, 7) is 7.92. The molecule has 4 heteroatoms. The van der Waals surface area contributed by atoms with Gasteiger partial charge in [0.15, 0.2) is 0 Å². The molecule has 0 bridgehead atoms. The summed E-state index contributed by atoms with van der Waals surface area (Å²) in [7, 11) is 1.99. The summed E-state index contributed by atoms with van der Waals surface area (Å²) in [5, 5.41) is 6.24. The number of rotatable bonds is 6. The SMILES string of the molecule is CNCC1CCCN(CC(=O)Nc2ccc(C(C)C)cc2)C1. The van der Waals surface area contributed by atoms with E-state index in [1.165, 1.54) is 18.4 Å². The molecule has 22 heavy (non-hydrogen) atoms. The monoisotopic (exact) mass is 303 g/mol. The van der Waals surface area contributed by atoms with E-state index in [0.717, 1.165) is 25.3 Å². The number of hydrogen-bond donors (Lipinski definition) is 2. The van der Waals surface area contributed by atoms with Crippen LogP contribution in [0.2, 0.25) is 0 Å². The minimum Gasteiger partial charge on any atom is -0.325 e. The molecule has 1 aromatic carbocycles. The summed E-state index contributed by atoms with van der Waals surface area (Å²) in [6, 6.07) is 8.16. The number of carbonyl (C=O) groups is 1. The molecule has 2 rings (SSSR count). The molecule has 0 spiro atoms. The number of amides is 1. The lowest BCUT2D eigenvalue weighted by molar-refractivity contribution is -0.117. The van der Waals surface area contributed by atoms with Crippen LogP contribution in [-0.4, -0.2) is 44.0 Å². The number of benzene rings is 1. The minimum absolute atomic E-state index is 0.0856. The highest BCUT2D eigenvalue weighted by Gasteiger charge is 2.21. The maximum Gasteiger partial charge on any atom is 0.238 e. The first-order chi connectivity index (χ1) is 10.6. The van der Waals surface area contributed by atoms with Crippen molar-refractivity contribution >= 4 is 11.6 Å². The molecular weight excluding hydrogens is 274 g/mol. The topological polar surface area (TPSA) is 44.4 Å². The fraction of sp³-hybridized carbons (Fsp3) is 0.611. The Morgan fingerprint density at radius 3 is 2.68 bits per heavy atom. The Morgan fingerprint density at radius 1 is 1.32 bits per heavy atom. The summed E-state index contributed by atoms with van der Waals surface area (Å²) >= 11 is 0. The van der Waals surface area contributed by atoms with Crippen molar-refractivity contribution in [3.8, 4) is 0 Å². The zero-order valence-corrected chi connectivity index (χ0v) is 14.1. The lowest BCUT2D eigenvalue weighted by atomic mass is 9.98. The van der Waals surface area contributed by atoms with Crippen molar-refractivity contribution in [3.63, 3.8) is 0 Å². The smallest absolute Gasteiger partial charge is 0.238 e. The number of carbonyl (C=O) groups excluding carboxylic acids is 1. The van der Waals surface area contributed by atoms with Crippen molar-refractivity contribution in [2.45, 2.75) is 32.6 Å². The molecular formula is C18H29N3O. The Bertz CT molecular complexity index is 468. The molecule has 0 saturated carbocycles. The lowest BCUT2D eigenvalue weighted by Gasteiger charge is -2.32. The quantitative estimate of drug-likeness (QED) is 0.849. The predicted molar refractivity (Wildman–Crippen MR) is 92.3 cm³/mol. The van der Waals surface area contributed by atoms with Crippen LogP contribution in [0.3, 0.4) is 0 Å². The zero-order valence-electron chi connectivity index (χ0n) is 14.1. The van der Waals surface area contributed by atoms with E-state index in [-0.39, 0.29) is 5.91 Å². The summed E-state index contributed by atoms with van der Waals surface area (Å²) < 4.78 is 0. The molecule has 2 N–H and O–H groups in total. The molecule has 1 aromatic rings. The molecule has 1 aliphatic heterocycles. The van der Waals surface area contributed by atoms with E-state index in [0.29, 0.717) is 18.4 Å². The van der Waals surface area contributed by atoms with Crippen molar-refractivity contribution < 1.29 is 4.79 Å². The van der Waals surface area contributed by atoms with Gasteiger partial charge in [-0.3, -0.25) is 9.69 Å². The average Bonchev–Trinajstić information content (AvgIpc) is 2.48. The zero-order chi connectivity index (χ0) is 15.9. The van der Waals surface area contributed by atoms with E-state index in [4.69, 9.17) is 0 Å². The average molecular weight is 303 g/mol. The van der Waals surface area contributed by atoms with E-state index >= 15 is 0 Å². The highest BCUT2D eigenvalue weighted by atomic mass is 16.2. The molecule has 4 nitrogen and oxygen atoms in total. The van der Waals surface area contributed by atoms with Crippen LogP contribution in [-0.2, 0) is 4.79 Å². The number of nitrogens with one attached hydrogen (secondary N) is 2. The Labute approximate surface area is 134 Å². The Hall–Kier alpha value is -1.39. The van der Waals surface area contributed by atoms with Crippen molar-refractivity contribution in [3.05, 3.63) is 29.8 Å². The van der Waals surface area contributed by atoms with Gasteiger partial charge >= 0.3 is 0 Å². The molecule has 1 fully saturated rings. The van der Waals surface area contributed by atoms with Crippen LogP contribution in [0.1, 0.15) is 38.2 Å². The second kappa shape index (κ2) is 8.30. The van der Waals surface area contributed by atoms with E-state index in [1.807, 2.05) is 19.2 Å². The maximum absolute atomic E-state index is 12.2. The van der Waals surface area contributed by atoms with Crippen molar-refractivity contribution in [2.75, 3.05) is 38.5 Å². The third-order valence-corrected chi connectivity index (χ3v) is 4.32. The van der Waals surface area contributed by atoms with Gasteiger partial charge in [-0.1, -0.05) is 26.0 Å². The fourth-order valence-electron chi connectivity index (χ4n) is 3.11. The van der Waals surface area contributed by atoms with Gasteiger partial charge in [0.1, 0.15) is 0 Å². The summed E-state index contributed by atoms with van der Waals surface area (Å²) in [5.74, 6) is 1.27. The first-order valence-electron chi connectivity index (χ1n) is 8.35. The van der Waals surface area contributed by atoms with Gasteiger partial charge in [0.2, 0.25) is 5.91 Å². The third-order valence-electron chi connectivity index (χ3n) is 4.32. The third kappa shape index (κ3) is 5.11. The number of piperidine rings is 1. The fourth-order valence-corrected chi connectivity index (χ4v) is 3.11. The van der Waals surface area contributed by atoms with Crippen LogP contribution >= 0.6 is 0 Å². The van der Waals surface area contributed by atoms with Gasteiger partial charge in [-0.05, 0) is 62.5 Å². The minimum atomic E-state index is 0.0856. The summed E-state index contributed by atoms with van der Waals surface area (Å²) in [6.07, 6.45) is 2.44. The second-order valence-corrected chi connectivity index (χ2v) is 6.63. The van der Waals surface area contributed by atoms with Gasteiger partial charge in [-0.25, -0.2) is 0 Å². The Kier molecular flexibility index (Phi) is 6.40. The van der Waals surface area contributed by atoms with Gasteiger partial charge < -0.3 is 10.6 Å². The van der Waals surface area contributed by atoms with Crippen LogP contribution in [0, 0.1) is 5.92 Å². The van der Waals surface area contributed by atoms with E-state index in [2.05, 4.69) is 41.5 Å². The van der Waals surface area contributed by atoms with Crippen molar-refractivity contribution in [1.29, 1.82) is 0 Å². The number of anilines is 1. The van der Waals surface area contributed by atoms with Gasteiger partial charge in [-0.2, -0.15) is 0 Å². The summed E-state index contributed by atoms with van der Waals surface area (Å²) in [4.78, 5) is 14.5. The molecule has 0 radical (unpaired) electrons. The van der Waals surface area contributed by atoms with E-state index in [1.54, 1.807) is 0 Å². The molecule has 122 valence electrons. The number of nitrogens with zero attached hydrogens (tertiary/aromatic N) is 1. The van der Waals surface area contributed by atoms with Gasteiger partial charge in [0.25, 0.3) is 0 Å². The normalized spacial score (nSPS) is 19.4. The van der Waals surface area contributed by atoms with E-state index < -0.39 is 0 Å². The maximum atomic E-state index is 12.2. The van der Waals surface area contributed by atoms with Gasteiger partial charge in [-0.15, -0.1) is 0 Å². The predicted octanol–water partition coefficient (Wildman–Crippen LogP) is 2.68.